The summed E-state index contributed by atoms with van der Waals surface area (Å²) in [6.07, 6.45) is 8.73. The molecule has 0 saturated heterocycles. The fraction of sp³-hybridized carbons (Fsp3) is 0.303. The third-order valence-corrected chi connectivity index (χ3v) is 6.62. The average molecular weight is 565 g/mol. The first-order valence-corrected chi connectivity index (χ1v) is 14.8. The van der Waals surface area contributed by atoms with Gasteiger partial charge in [-0.05, 0) is 81.9 Å². The van der Waals surface area contributed by atoms with Crippen LogP contribution in [0.5, 0.6) is 0 Å². The van der Waals surface area contributed by atoms with E-state index in [0.717, 1.165) is 16.7 Å². The Morgan fingerprint density at radius 1 is 0.875 bits per heavy atom. The largest absolute Gasteiger partial charge is 0.370 e. The van der Waals surface area contributed by atoms with Crippen LogP contribution in [-0.2, 0) is 19.4 Å². The molecule has 0 aliphatic carbocycles. The Bertz CT molecular complexity index is 1340. The minimum Gasteiger partial charge on any atom is -0.370 e. The summed E-state index contributed by atoms with van der Waals surface area (Å²) in [6.45, 7) is 12.7. The van der Waals surface area contributed by atoms with E-state index < -0.39 is 9.84 Å². The molecule has 0 bridgehead atoms. The molecule has 6 nitrogen and oxygen atoms in total. The Morgan fingerprint density at radius 3 is 1.88 bits per heavy atom. The molecule has 0 radical (unpaired) electrons. The summed E-state index contributed by atoms with van der Waals surface area (Å²) in [5.41, 5.74) is 10.8. The highest BCUT2D eigenvalue weighted by molar-refractivity contribution is 7.94. The molecule has 1 aromatic heterocycles. The van der Waals surface area contributed by atoms with Crippen LogP contribution in [0, 0.1) is 13.8 Å². The van der Waals surface area contributed by atoms with Crippen molar-refractivity contribution in [1.82, 2.24) is 4.98 Å². The highest BCUT2D eigenvalue weighted by atomic mass is 32.2. The number of nitrogens with zero attached hydrogens (tertiary/aromatic N) is 1. The van der Waals surface area contributed by atoms with E-state index in [1.807, 2.05) is 101 Å². The molecule has 7 heteroatoms. The van der Waals surface area contributed by atoms with Crippen molar-refractivity contribution in [3.8, 4) is 0 Å². The highest BCUT2D eigenvalue weighted by Gasteiger charge is 2.07. The normalized spacial score (nSPS) is 11.8. The molecule has 1 unspecified atom stereocenters. The average Bonchev–Trinajstić information content (AvgIpc) is 2.87. The van der Waals surface area contributed by atoms with E-state index in [2.05, 4.69) is 11.1 Å². The van der Waals surface area contributed by atoms with Crippen LogP contribution < -0.4 is 5.73 Å². The summed E-state index contributed by atoms with van der Waals surface area (Å²) in [7, 11) is -3.07. The lowest BCUT2D eigenvalue weighted by Gasteiger charge is -2.08. The van der Waals surface area contributed by atoms with E-state index in [1.165, 1.54) is 31.2 Å². The van der Waals surface area contributed by atoms with Crippen molar-refractivity contribution in [3.05, 3.63) is 118 Å². The van der Waals surface area contributed by atoms with Crippen LogP contribution >= 0.6 is 0 Å². The van der Waals surface area contributed by atoms with E-state index in [0.29, 0.717) is 11.3 Å². The first-order valence-electron chi connectivity index (χ1n) is 12.9. The number of aryl methyl sites for hydroxylation is 2. The number of ketones is 1. The summed E-state index contributed by atoms with van der Waals surface area (Å²) in [5.74, 6) is 0.148. The molecule has 3 rings (SSSR count). The number of allylic oxidation sites excluding steroid dienone is 4. The monoisotopic (exact) mass is 564 g/mol. The molecule has 1 heterocycles. The summed E-state index contributed by atoms with van der Waals surface area (Å²) < 4.78 is 22.5. The van der Waals surface area contributed by atoms with E-state index in [9.17, 15) is 18.0 Å². The molecule has 0 spiro atoms. The fourth-order valence-electron chi connectivity index (χ4n) is 3.00. The Morgan fingerprint density at radius 2 is 1.45 bits per heavy atom. The molecule has 1 atom stereocenters. The van der Waals surface area contributed by atoms with Crippen LogP contribution in [0.3, 0.4) is 0 Å². The highest BCUT2D eigenvalue weighted by Crippen LogP contribution is 2.17. The van der Waals surface area contributed by atoms with Crippen LogP contribution in [0.15, 0.2) is 96.2 Å². The Balaban J connectivity index is 0.000000571. The number of carbonyl (C=O) groups is 2. The first-order chi connectivity index (χ1) is 18.6. The summed E-state index contributed by atoms with van der Waals surface area (Å²) >= 11 is 0. The molecule has 0 fully saturated rings. The lowest BCUT2D eigenvalue weighted by Crippen LogP contribution is -2.13. The number of benzene rings is 2. The van der Waals surface area contributed by atoms with Crippen LogP contribution in [0.4, 0.5) is 0 Å². The second-order valence-electron chi connectivity index (χ2n) is 9.69. The van der Waals surface area contributed by atoms with Gasteiger partial charge in [0.25, 0.3) is 0 Å². The predicted octanol–water partition coefficient (Wildman–Crippen LogP) is 7.00. The second kappa shape index (κ2) is 19.3. The van der Waals surface area contributed by atoms with E-state index in [4.69, 9.17) is 5.73 Å². The van der Waals surface area contributed by atoms with Crippen molar-refractivity contribution in [2.45, 2.75) is 60.8 Å². The van der Waals surface area contributed by atoms with Gasteiger partial charge >= 0.3 is 0 Å². The molecule has 2 N–H and O–H groups in total. The van der Waals surface area contributed by atoms with Gasteiger partial charge in [-0.1, -0.05) is 79.2 Å². The maximum absolute atomic E-state index is 11.2. The molecule has 3 aromatic rings. The van der Waals surface area contributed by atoms with Crippen molar-refractivity contribution < 1.29 is 18.0 Å². The molecule has 0 saturated carbocycles. The van der Waals surface area contributed by atoms with Gasteiger partial charge in [-0.25, -0.2) is 8.42 Å². The lowest BCUT2D eigenvalue weighted by atomic mass is 9.98. The molecule has 216 valence electrons. The number of amides is 1. The zero-order chi connectivity index (χ0) is 30.7. The van der Waals surface area contributed by atoms with Gasteiger partial charge in [0.05, 0.1) is 0 Å². The summed E-state index contributed by atoms with van der Waals surface area (Å²) in [6, 6.07) is 22.0. The van der Waals surface area contributed by atoms with Crippen molar-refractivity contribution in [1.29, 1.82) is 0 Å². The molecular formula is C33H44N2O4S. The smallest absolute Gasteiger partial charge is 0.218 e. The number of carbonyl (C=O) groups excluding carboxylic acids is 2. The zero-order valence-corrected chi connectivity index (χ0v) is 25.8. The Labute approximate surface area is 241 Å². The maximum Gasteiger partial charge on any atom is 0.218 e. The standard InChI is InChI=1S/C14H18O2S.C10H13NO.C6H7N.C3H6O/c1-11-6-5-7-14(10-11)12(2)8-9-13(3)17(4,15)16;1-8(7-10(11)12)9-5-3-2-4-6-9;1-6-3-2-4-7-5-6;1-3(2)4/h5-10H,1-4H3;2-6,8H,7H2,1H3,(H2,11,12);2-5H,1H3;1-2H3/b12-8+,13-9+;;;. The van der Waals surface area contributed by atoms with Crippen molar-refractivity contribution >= 4 is 27.1 Å². The van der Waals surface area contributed by atoms with Gasteiger partial charge in [0.2, 0.25) is 5.91 Å². The number of hydrogen-bond acceptors (Lipinski definition) is 5. The van der Waals surface area contributed by atoms with Crippen LogP contribution in [-0.4, -0.2) is 31.3 Å². The molecule has 0 aliphatic rings. The SMILES string of the molecule is C/C(=C\C=C(/C)S(C)(=O)=O)c1cccc(C)c1.CC(C)=O.CC(CC(N)=O)c1ccccc1.Cc1cccnc1. The fourth-order valence-corrected chi connectivity index (χ4v) is 3.32. The minimum atomic E-state index is -3.07. The number of nitrogens with two attached hydrogens (primary N) is 1. The summed E-state index contributed by atoms with van der Waals surface area (Å²) in [5, 5.41) is 0. The Kier molecular flexibility index (Phi) is 17.4. The van der Waals surface area contributed by atoms with Gasteiger partial charge in [0, 0.05) is 30.0 Å². The van der Waals surface area contributed by atoms with Gasteiger partial charge in [-0.15, -0.1) is 0 Å². The van der Waals surface area contributed by atoms with Gasteiger partial charge in [-0.2, -0.15) is 0 Å². The predicted molar refractivity (Wildman–Crippen MR) is 167 cm³/mol. The number of pyridine rings is 1. The molecule has 40 heavy (non-hydrogen) atoms. The summed E-state index contributed by atoms with van der Waals surface area (Å²) in [4.78, 5) is 24.3. The van der Waals surface area contributed by atoms with Crippen molar-refractivity contribution in [3.63, 3.8) is 0 Å². The number of hydrogen-bond donors (Lipinski definition) is 1. The molecular weight excluding hydrogens is 520 g/mol. The topological polar surface area (TPSA) is 107 Å². The molecule has 1 amide bonds. The van der Waals surface area contributed by atoms with Gasteiger partial charge in [0.1, 0.15) is 5.78 Å². The van der Waals surface area contributed by atoms with Gasteiger partial charge in [-0.3, -0.25) is 9.78 Å². The number of primary amides is 1. The van der Waals surface area contributed by atoms with Crippen molar-refractivity contribution in [2.24, 2.45) is 5.73 Å². The zero-order valence-electron chi connectivity index (χ0n) is 25.0. The number of aromatic nitrogens is 1. The van der Waals surface area contributed by atoms with Crippen LogP contribution in [0.25, 0.3) is 5.57 Å². The van der Waals surface area contributed by atoms with Gasteiger partial charge < -0.3 is 10.5 Å². The maximum atomic E-state index is 11.2. The third kappa shape index (κ3) is 18.4. The first kappa shape index (κ1) is 36.2. The van der Waals surface area contributed by atoms with E-state index in [1.54, 1.807) is 19.2 Å². The molecule has 0 aliphatic heterocycles. The number of Topliss-reactive ketones (excluding diaryl/α,β-unsaturated/α-hetero) is 1. The van der Waals surface area contributed by atoms with Crippen LogP contribution in [0.2, 0.25) is 0 Å². The molecule has 2 aromatic carbocycles. The quantitative estimate of drug-likeness (QED) is 0.325. The second-order valence-corrected chi connectivity index (χ2v) is 11.9. The van der Waals surface area contributed by atoms with Crippen LogP contribution in [0.1, 0.15) is 69.2 Å². The van der Waals surface area contributed by atoms with E-state index >= 15 is 0 Å². The number of rotatable bonds is 6. The third-order valence-electron chi connectivity index (χ3n) is 5.31. The minimum absolute atomic E-state index is 0.167. The lowest BCUT2D eigenvalue weighted by molar-refractivity contribution is -0.118. The Hall–Kier alpha value is -3.84. The van der Waals surface area contributed by atoms with Crippen molar-refractivity contribution in [2.75, 3.05) is 6.26 Å². The number of sulfone groups is 1. The van der Waals surface area contributed by atoms with E-state index in [-0.39, 0.29) is 17.6 Å². The van der Waals surface area contributed by atoms with Gasteiger partial charge in [0.15, 0.2) is 9.84 Å².